The second-order valence-corrected chi connectivity index (χ2v) is 3.02. The average molecular weight is 234 g/mol. The van der Waals surface area contributed by atoms with E-state index >= 15 is 0 Å². The first-order chi connectivity index (χ1) is 8.29. The second-order valence-electron chi connectivity index (χ2n) is 3.02. The number of nitrogens with zero attached hydrogens (tertiary/aromatic N) is 3. The van der Waals surface area contributed by atoms with Crippen LogP contribution in [-0.2, 0) is 0 Å². The van der Waals surface area contributed by atoms with E-state index < -0.39 is 5.91 Å². The van der Waals surface area contributed by atoms with E-state index in [9.17, 15) is 4.79 Å². The Kier molecular flexibility index (Phi) is 3.29. The van der Waals surface area contributed by atoms with Crippen molar-refractivity contribution in [2.24, 2.45) is 0 Å². The molecule has 0 fully saturated rings. The lowest BCUT2D eigenvalue weighted by Gasteiger charge is -2.03. The van der Waals surface area contributed by atoms with Gasteiger partial charge in [-0.15, -0.1) is 0 Å². The molecule has 0 aliphatic rings. The normalized spacial score (nSPS) is 9.94. The van der Waals surface area contributed by atoms with E-state index in [1.165, 1.54) is 24.7 Å². The van der Waals surface area contributed by atoms with Crippen LogP contribution in [0.25, 0.3) is 0 Å². The number of rotatable bonds is 4. The van der Waals surface area contributed by atoms with Crippen molar-refractivity contribution >= 4 is 11.6 Å². The third-order valence-corrected chi connectivity index (χ3v) is 1.82. The predicted octanol–water partition coefficient (Wildman–Crippen LogP) is 1.12. The number of nitrogens with one attached hydrogen (secondary N) is 1. The first-order valence-electron chi connectivity index (χ1n) is 4.96. The molecular weight excluding hydrogens is 224 g/mol. The van der Waals surface area contributed by atoms with Gasteiger partial charge in [-0.25, -0.2) is 9.97 Å². The van der Waals surface area contributed by atoms with Gasteiger partial charge in [0.15, 0.2) is 0 Å². The van der Waals surface area contributed by atoms with Crippen molar-refractivity contribution in [3.05, 3.63) is 30.4 Å². The predicted molar refractivity (Wildman–Crippen MR) is 57.7 cm³/mol. The maximum atomic E-state index is 11.6. The highest BCUT2D eigenvalue weighted by molar-refractivity contribution is 6.01. The van der Waals surface area contributed by atoms with Crippen molar-refractivity contribution in [1.29, 1.82) is 0 Å². The maximum absolute atomic E-state index is 11.6. The summed E-state index contributed by atoms with van der Waals surface area (Å²) in [6.45, 7) is 2.33. The lowest BCUT2D eigenvalue weighted by atomic mass is 10.4. The molecule has 1 N–H and O–H groups in total. The zero-order chi connectivity index (χ0) is 12.1. The zero-order valence-corrected chi connectivity index (χ0v) is 9.08. The van der Waals surface area contributed by atoms with E-state index in [2.05, 4.69) is 20.4 Å². The van der Waals surface area contributed by atoms with E-state index in [1.807, 2.05) is 6.92 Å². The van der Waals surface area contributed by atoms with E-state index in [0.717, 1.165) is 0 Å². The van der Waals surface area contributed by atoms with Crippen molar-refractivity contribution < 1.29 is 14.1 Å². The Morgan fingerprint density at radius 3 is 2.82 bits per heavy atom. The average Bonchev–Trinajstić information content (AvgIpc) is 2.86. The summed E-state index contributed by atoms with van der Waals surface area (Å²) in [4.78, 5) is 19.4. The number of hydrogen-bond donors (Lipinski definition) is 1. The van der Waals surface area contributed by atoms with Gasteiger partial charge in [-0.1, -0.05) is 5.16 Å². The van der Waals surface area contributed by atoms with Gasteiger partial charge in [-0.05, 0) is 6.92 Å². The number of amides is 1. The number of ether oxygens (including phenoxy) is 1. The molecule has 0 aliphatic carbocycles. The molecule has 0 bridgehead atoms. The largest absolute Gasteiger partial charge is 0.464 e. The first kappa shape index (κ1) is 11.1. The van der Waals surface area contributed by atoms with Gasteiger partial charge in [-0.3, -0.25) is 4.79 Å². The van der Waals surface area contributed by atoms with Crippen LogP contribution in [0.1, 0.15) is 17.5 Å². The molecule has 0 saturated carbocycles. The molecule has 1 amide bonds. The summed E-state index contributed by atoms with van der Waals surface area (Å²) in [5.41, 5.74) is 0.454. The topological polar surface area (TPSA) is 90.1 Å². The number of carbonyl (C=O) groups is 1. The van der Waals surface area contributed by atoms with Crippen molar-refractivity contribution in [1.82, 2.24) is 15.1 Å². The molecular formula is C10H10N4O3. The summed E-state index contributed by atoms with van der Waals surface area (Å²) >= 11 is 0. The summed E-state index contributed by atoms with van der Waals surface area (Å²) in [6, 6.07) is 1.73. The smallest absolute Gasteiger partial charge is 0.316 e. The van der Waals surface area contributed by atoms with Gasteiger partial charge in [0.25, 0.3) is 5.91 Å². The highest BCUT2D eigenvalue weighted by atomic mass is 16.5. The third kappa shape index (κ3) is 2.77. The van der Waals surface area contributed by atoms with Crippen molar-refractivity contribution in [2.75, 3.05) is 11.9 Å². The van der Waals surface area contributed by atoms with E-state index in [0.29, 0.717) is 12.3 Å². The molecule has 2 aromatic heterocycles. The van der Waals surface area contributed by atoms with Crippen LogP contribution >= 0.6 is 0 Å². The van der Waals surface area contributed by atoms with Gasteiger partial charge >= 0.3 is 6.01 Å². The van der Waals surface area contributed by atoms with Crippen molar-refractivity contribution in [3.8, 4) is 6.01 Å². The van der Waals surface area contributed by atoms with Gasteiger partial charge in [-0.2, -0.15) is 0 Å². The Morgan fingerprint density at radius 2 is 2.24 bits per heavy atom. The van der Waals surface area contributed by atoms with E-state index in [1.54, 1.807) is 0 Å². The minimum absolute atomic E-state index is 0.124. The Labute approximate surface area is 96.8 Å². The molecule has 17 heavy (non-hydrogen) atoms. The fraction of sp³-hybridized carbons (Fsp3) is 0.200. The van der Waals surface area contributed by atoms with Gasteiger partial charge in [0, 0.05) is 6.07 Å². The summed E-state index contributed by atoms with van der Waals surface area (Å²) in [6.07, 6.45) is 4.29. The van der Waals surface area contributed by atoms with Gasteiger partial charge in [0.05, 0.1) is 30.9 Å². The first-order valence-corrected chi connectivity index (χ1v) is 4.96. The zero-order valence-electron chi connectivity index (χ0n) is 9.08. The standard InChI is InChI=1S/C10H10N4O3/c1-2-16-10-11-5-7(6-12-10)14-9(15)8-3-4-13-17-8/h3-6H,2H2,1H3,(H,14,15). The number of anilines is 1. The van der Waals surface area contributed by atoms with Crippen LogP contribution in [0.15, 0.2) is 29.2 Å². The highest BCUT2D eigenvalue weighted by Gasteiger charge is 2.10. The fourth-order valence-corrected chi connectivity index (χ4v) is 1.11. The summed E-state index contributed by atoms with van der Waals surface area (Å²) in [5, 5.41) is 6.00. The SMILES string of the molecule is CCOc1ncc(NC(=O)c2ccno2)cn1. The van der Waals surface area contributed by atoms with Crippen LogP contribution in [0.5, 0.6) is 6.01 Å². The molecule has 0 aromatic carbocycles. The second kappa shape index (κ2) is 5.06. The van der Waals surface area contributed by atoms with E-state index in [4.69, 9.17) is 9.26 Å². The molecule has 0 aliphatic heterocycles. The summed E-state index contributed by atoms with van der Waals surface area (Å²) in [7, 11) is 0. The molecule has 88 valence electrons. The van der Waals surface area contributed by atoms with Crippen LogP contribution in [-0.4, -0.2) is 27.6 Å². The molecule has 2 rings (SSSR count). The Balaban J connectivity index is 2.01. The van der Waals surface area contributed by atoms with Crippen LogP contribution in [0, 0.1) is 0 Å². The molecule has 0 saturated heterocycles. The molecule has 0 radical (unpaired) electrons. The monoisotopic (exact) mass is 234 g/mol. The van der Waals surface area contributed by atoms with E-state index in [-0.39, 0.29) is 11.8 Å². The molecule has 7 heteroatoms. The van der Waals surface area contributed by atoms with Gasteiger partial charge in [0.2, 0.25) is 5.76 Å². The lowest BCUT2D eigenvalue weighted by molar-refractivity contribution is 0.0988. The minimum Gasteiger partial charge on any atom is -0.464 e. The Bertz CT molecular complexity index is 481. The number of hydrogen-bond acceptors (Lipinski definition) is 6. The van der Waals surface area contributed by atoms with Gasteiger partial charge in [0.1, 0.15) is 0 Å². The highest BCUT2D eigenvalue weighted by Crippen LogP contribution is 2.09. The Hall–Kier alpha value is -2.44. The van der Waals surface area contributed by atoms with Crippen LogP contribution in [0.4, 0.5) is 5.69 Å². The molecule has 0 unspecified atom stereocenters. The van der Waals surface area contributed by atoms with Crippen molar-refractivity contribution in [2.45, 2.75) is 6.92 Å². The fourth-order valence-electron chi connectivity index (χ4n) is 1.11. The van der Waals surface area contributed by atoms with Crippen LogP contribution in [0.2, 0.25) is 0 Å². The lowest BCUT2D eigenvalue weighted by Crippen LogP contribution is -2.11. The third-order valence-electron chi connectivity index (χ3n) is 1.82. The molecule has 0 spiro atoms. The van der Waals surface area contributed by atoms with Gasteiger partial charge < -0.3 is 14.6 Å². The number of carbonyl (C=O) groups excluding carboxylic acids is 1. The molecule has 0 atom stereocenters. The van der Waals surface area contributed by atoms with Crippen LogP contribution in [0.3, 0.4) is 0 Å². The van der Waals surface area contributed by atoms with Crippen LogP contribution < -0.4 is 10.1 Å². The summed E-state index contributed by atoms with van der Waals surface area (Å²) in [5.74, 6) is -0.283. The Morgan fingerprint density at radius 1 is 1.47 bits per heavy atom. The summed E-state index contributed by atoms with van der Waals surface area (Å²) < 4.78 is 9.78. The molecule has 2 heterocycles. The maximum Gasteiger partial charge on any atom is 0.316 e. The number of aromatic nitrogens is 3. The van der Waals surface area contributed by atoms with Crippen molar-refractivity contribution in [3.63, 3.8) is 0 Å². The molecule has 7 nitrogen and oxygen atoms in total. The minimum atomic E-state index is -0.407. The molecule has 2 aromatic rings. The quantitative estimate of drug-likeness (QED) is 0.852.